The monoisotopic (exact) mass is 296 g/mol. The molecular weight excluding hydrogens is 272 g/mol. The Morgan fingerprint density at radius 2 is 1.59 bits per heavy atom. The number of rotatable bonds is 5. The molecule has 0 aliphatic heterocycles. The summed E-state index contributed by atoms with van der Waals surface area (Å²) in [5.74, 6) is 0.129. The molecule has 0 heterocycles. The minimum absolute atomic E-state index is 0.129. The van der Waals surface area contributed by atoms with Crippen LogP contribution in [0.4, 0.5) is 5.69 Å². The molecule has 0 aliphatic carbocycles. The number of carbonyl (C=O) groups excluding carboxylic acids is 1. The number of anilines is 1. The predicted octanol–water partition coefficient (Wildman–Crippen LogP) is 3.21. The highest BCUT2D eigenvalue weighted by Crippen LogP contribution is 2.12. The lowest BCUT2D eigenvalue weighted by molar-refractivity contribution is -0.130. The summed E-state index contributed by atoms with van der Waals surface area (Å²) in [7, 11) is 1.87. The number of nitrogen functional groups attached to an aromatic ring is 1. The van der Waals surface area contributed by atoms with Gasteiger partial charge in [0.05, 0.1) is 6.42 Å². The zero-order valence-corrected chi connectivity index (χ0v) is 13.5. The Labute approximate surface area is 132 Å². The molecular formula is C19H24N2O. The molecule has 2 N–H and O–H groups in total. The van der Waals surface area contributed by atoms with Gasteiger partial charge in [0.1, 0.15) is 0 Å². The number of likely N-dealkylation sites (N-methyl/N-ethyl adjacent to an activating group) is 1. The first kappa shape index (κ1) is 16.1. The summed E-state index contributed by atoms with van der Waals surface area (Å²) in [6.45, 7) is 4.16. The largest absolute Gasteiger partial charge is 0.399 e. The third kappa shape index (κ3) is 4.35. The maximum absolute atomic E-state index is 12.4. The molecule has 0 spiro atoms. The van der Waals surface area contributed by atoms with Crippen molar-refractivity contribution in [1.29, 1.82) is 0 Å². The summed E-state index contributed by atoms with van der Waals surface area (Å²) in [6.07, 6.45) is 1.28. The standard InChI is InChI=1S/C19H24N2O/c1-14-4-6-16(7-5-14)12-15(2)21(3)19(22)13-17-8-10-18(20)11-9-17/h4-11,15H,12-13,20H2,1-3H3/t15-/m0/s1. The zero-order chi connectivity index (χ0) is 16.1. The van der Waals surface area contributed by atoms with E-state index in [-0.39, 0.29) is 11.9 Å². The second kappa shape index (κ2) is 7.12. The van der Waals surface area contributed by atoms with Gasteiger partial charge in [-0.2, -0.15) is 0 Å². The molecule has 1 amide bonds. The van der Waals surface area contributed by atoms with Gasteiger partial charge in [0, 0.05) is 18.8 Å². The molecule has 0 bridgehead atoms. The molecule has 3 heteroatoms. The number of nitrogens with zero attached hydrogens (tertiary/aromatic N) is 1. The molecule has 22 heavy (non-hydrogen) atoms. The summed E-state index contributed by atoms with van der Waals surface area (Å²) in [4.78, 5) is 14.2. The second-order valence-electron chi connectivity index (χ2n) is 5.96. The van der Waals surface area contributed by atoms with Crippen LogP contribution in [0, 0.1) is 6.92 Å². The first-order valence-electron chi connectivity index (χ1n) is 7.61. The van der Waals surface area contributed by atoms with Crippen molar-refractivity contribution in [3.8, 4) is 0 Å². The van der Waals surface area contributed by atoms with E-state index in [1.165, 1.54) is 11.1 Å². The fourth-order valence-corrected chi connectivity index (χ4v) is 2.38. The minimum Gasteiger partial charge on any atom is -0.399 e. The zero-order valence-electron chi connectivity index (χ0n) is 13.5. The van der Waals surface area contributed by atoms with Crippen molar-refractivity contribution in [2.24, 2.45) is 0 Å². The Bertz CT molecular complexity index is 617. The van der Waals surface area contributed by atoms with Crippen molar-refractivity contribution in [3.63, 3.8) is 0 Å². The van der Waals surface area contributed by atoms with Crippen LogP contribution in [0.5, 0.6) is 0 Å². The quantitative estimate of drug-likeness (QED) is 0.861. The summed E-state index contributed by atoms with van der Waals surface area (Å²) in [5.41, 5.74) is 9.89. The summed E-state index contributed by atoms with van der Waals surface area (Å²) in [6, 6.07) is 16.1. The van der Waals surface area contributed by atoms with E-state index in [1.54, 1.807) is 0 Å². The topological polar surface area (TPSA) is 46.3 Å². The molecule has 0 fully saturated rings. The van der Waals surface area contributed by atoms with Crippen molar-refractivity contribution in [2.45, 2.75) is 32.7 Å². The van der Waals surface area contributed by atoms with Gasteiger partial charge in [0.25, 0.3) is 0 Å². The van der Waals surface area contributed by atoms with Gasteiger partial charge >= 0.3 is 0 Å². The van der Waals surface area contributed by atoms with Crippen molar-refractivity contribution < 1.29 is 4.79 Å². The number of aryl methyl sites for hydroxylation is 1. The highest BCUT2D eigenvalue weighted by atomic mass is 16.2. The van der Waals surface area contributed by atoms with Crippen LogP contribution in [0.2, 0.25) is 0 Å². The number of hydrogen-bond acceptors (Lipinski definition) is 2. The van der Waals surface area contributed by atoms with E-state index in [1.807, 2.05) is 36.2 Å². The Hall–Kier alpha value is -2.29. The van der Waals surface area contributed by atoms with Crippen LogP contribution in [0.15, 0.2) is 48.5 Å². The van der Waals surface area contributed by atoms with Crippen LogP contribution >= 0.6 is 0 Å². The molecule has 0 radical (unpaired) electrons. The van der Waals surface area contributed by atoms with Gasteiger partial charge in [0.15, 0.2) is 0 Å². The molecule has 0 saturated heterocycles. The van der Waals surface area contributed by atoms with Crippen LogP contribution in [-0.4, -0.2) is 23.9 Å². The third-order valence-corrected chi connectivity index (χ3v) is 4.04. The lowest BCUT2D eigenvalue weighted by atomic mass is 10.0. The lowest BCUT2D eigenvalue weighted by Gasteiger charge is -2.25. The SMILES string of the molecule is Cc1ccc(C[C@H](C)N(C)C(=O)Cc2ccc(N)cc2)cc1. The van der Waals surface area contributed by atoms with E-state index >= 15 is 0 Å². The van der Waals surface area contributed by atoms with E-state index in [4.69, 9.17) is 5.73 Å². The Morgan fingerprint density at radius 1 is 1.05 bits per heavy atom. The Balaban J connectivity index is 1.94. The third-order valence-electron chi connectivity index (χ3n) is 4.04. The molecule has 1 atom stereocenters. The molecule has 0 unspecified atom stereocenters. The highest BCUT2D eigenvalue weighted by molar-refractivity contribution is 5.79. The maximum Gasteiger partial charge on any atom is 0.226 e. The smallest absolute Gasteiger partial charge is 0.226 e. The normalized spacial score (nSPS) is 12.0. The van der Waals surface area contributed by atoms with Crippen LogP contribution in [-0.2, 0) is 17.6 Å². The van der Waals surface area contributed by atoms with Gasteiger partial charge < -0.3 is 10.6 Å². The van der Waals surface area contributed by atoms with Crippen molar-refractivity contribution >= 4 is 11.6 Å². The summed E-state index contributed by atoms with van der Waals surface area (Å²) < 4.78 is 0. The van der Waals surface area contributed by atoms with E-state index in [0.717, 1.165) is 17.7 Å². The second-order valence-corrected chi connectivity index (χ2v) is 5.96. The number of amides is 1. The van der Waals surface area contributed by atoms with Crippen LogP contribution < -0.4 is 5.73 Å². The van der Waals surface area contributed by atoms with Crippen molar-refractivity contribution in [1.82, 2.24) is 4.90 Å². The molecule has 0 aliphatic rings. The number of carbonyl (C=O) groups is 1. The fraction of sp³-hybridized carbons (Fsp3) is 0.316. The van der Waals surface area contributed by atoms with Crippen molar-refractivity contribution in [2.75, 3.05) is 12.8 Å². The van der Waals surface area contributed by atoms with Crippen LogP contribution in [0.1, 0.15) is 23.6 Å². The molecule has 0 aromatic heterocycles. The van der Waals surface area contributed by atoms with Crippen LogP contribution in [0.25, 0.3) is 0 Å². The Morgan fingerprint density at radius 3 is 2.18 bits per heavy atom. The van der Waals surface area contributed by atoms with E-state index in [0.29, 0.717) is 6.42 Å². The van der Waals surface area contributed by atoms with Gasteiger partial charge in [-0.3, -0.25) is 4.79 Å². The Kier molecular flexibility index (Phi) is 5.21. The summed E-state index contributed by atoms with van der Waals surface area (Å²) in [5, 5.41) is 0. The molecule has 2 rings (SSSR count). The highest BCUT2D eigenvalue weighted by Gasteiger charge is 2.16. The lowest BCUT2D eigenvalue weighted by Crippen LogP contribution is -2.37. The summed E-state index contributed by atoms with van der Waals surface area (Å²) >= 11 is 0. The first-order chi connectivity index (χ1) is 10.5. The average molecular weight is 296 g/mol. The average Bonchev–Trinajstić information content (AvgIpc) is 2.51. The van der Waals surface area contributed by atoms with Gasteiger partial charge in [-0.25, -0.2) is 0 Å². The molecule has 116 valence electrons. The fourth-order valence-electron chi connectivity index (χ4n) is 2.38. The van der Waals surface area contributed by atoms with Gasteiger partial charge in [0.2, 0.25) is 5.91 Å². The van der Waals surface area contributed by atoms with Crippen LogP contribution in [0.3, 0.4) is 0 Å². The van der Waals surface area contributed by atoms with E-state index in [9.17, 15) is 4.79 Å². The molecule has 3 nitrogen and oxygen atoms in total. The van der Waals surface area contributed by atoms with Gasteiger partial charge in [-0.05, 0) is 43.5 Å². The number of nitrogens with two attached hydrogens (primary N) is 1. The van der Waals surface area contributed by atoms with E-state index in [2.05, 4.69) is 38.1 Å². The number of benzene rings is 2. The molecule has 2 aromatic carbocycles. The van der Waals surface area contributed by atoms with Gasteiger partial charge in [-0.15, -0.1) is 0 Å². The first-order valence-corrected chi connectivity index (χ1v) is 7.61. The molecule has 2 aromatic rings. The van der Waals surface area contributed by atoms with E-state index < -0.39 is 0 Å². The minimum atomic E-state index is 0.129. The van der Waals surface area contributed by atoms with Gasteiger partial charge in [-0.1, -0.05) is 42.0 Å². The molecule has 0 saturated carbocycles. The number of hydrogen-bond donors (Lipinski definition) is 1. The predicted molar refractivity (Wildman–Crippen MR) is 91.7 cm³/mol. The maximum atomic E-state index is 12.4. The van der Waals surface area contributed by atoms with Crippen molar-refractivity contribution in [3.05, 3.63) is 65.2 Å².